The maximum atomic E-state index is 4.31. The highest BCUT2D eigenvalue weighted by Crippen LogP contribution is 2.26. The molecule has 0 saturated carbocycles. The van der Waals surface area contributed by atoms with Crippen molar-refractivity contribution in [2.45, 2.75) is 13.3 Å². The summed E-state index contributed by atoms with van der Waals surface area (Å²) in [6.45, 7) is 2.19. The number of nitrogens with zero attached hydrogens (tertiary/aromatic N) is 1. The van der Waals surface area contributed by atoms with Gasteiger partial charge in [0.2, 0.25) is 0 Å². The van der Waals surface area contributed by atoms with Crippen LogP contribution in [0.3, 0.4) is 0 Å². The lowest BCUT2D eigenvalue weighted by Crippen LogP contribution is -1.93. The summed E-state index contributed by atoms with van der Waals surface area (Å²) in [4.78, 5) is 7.55. The van der Waals surface area contributed by atoms with E-state index in [1.165, 1.54) is 10.7 Å². The first-order chi connectivity index (χ1) is 7.88. The Morgan fingerprint density at radius 2 is 2.31 bits per heavy atom. The third-order valence-electron chi connectivity index (χ3n) is 2.28. The molecule has 3 heteroatoms. The molecule has 16 heavy (non-hydrogen) atoms. The summed E-state index contributed by atoms with van der Waals surface area (Å²) in [5, 5.41) is 1.42. The van der Waals surface area contributed by atoms with E-state index in [4.69, 9.17) is 0 Å². The van der Waals surface area contributed by atoms with E-state index in [1.54, 1.807) is 0 Å². The van der Waals surface area contributed by atoms with Gasteiger partial charge in [-0.1, -0.05) is 13.0 Å². The highest BCUT2D eigenvalue weighted by molar-refractivity contribution is 7.51. The SMILES string of the molecule is CCC(=Cc1ccccn1)Pc1ccc[nH]1. The summed E-state index contributed by atoms with van der Waals surface area (Å²) in [5.41, 5.74) is 2.32. The van der Waals surface area contributed by atoms with Crippen LogP contribution >= 0.6 is 8.58 Å². The van der Waals surface area contributed by atoms with Gasteiger partial charge in [0, 0.05) is 17.8 Å². The van der Waals surface area contributed by atoms with Crippen molar-refractivity contribution in [2.75, 3.05) is 0 Å². The summed E-state index contributed by atoms with van der Waals surface area (Å²) < 4.78 is 0. The molecule has 2 aromatic rings. The van der Waals surface area contributed by atoms with Crippen LogP contribution in [0.25, 0.3) is 6.08 Å². The van der Waals surface area contributed by atoms with Crippen molar-refractivity contribution in [3.05, 3.63) is 53.7 Å². The largest absolute Gasteiger partial charge is 0.361 e. The first-order valence-electron chi connectivity index (χ1n) is 5.40. The lowest BCUT2D eigenvalue weighted by Gasteiger charge is -2.03. The summed E-state index contributed by atoms with van der Waals surface area (Å²) in [7, 11) is 0.711. The molecule has 0 spiro atoms. The number of hydrogen-bond donors (Lipinski definition) is 1. The molecular formula is C13H15N2P. The van der Waals surface area contributed by atoms with Crippen molar-refractivity contribution in [1.29, 1.82) is 0 Å². The normalized spacial score (nSPS) is 12.4. The molecule has 1 atom stereocenters. The fraction of sp³-hybridized carbons (Fsp3) is 0.154. The van der Waals surface area contributed by atoms with Gasteiger partial charge >= 0.3 is 0 Å². The number of allylic oxidation sites excluding steroid dienone is 1. The summed E-state index contributed by atoms with van der Waals surface area (Å²) in [6.07, 6.45) is 7.04. The Labute approximate surface area is 97.6 Å². The Bertz CT molecular complexity index is 446. The number of nitrogens with one attached hydrogen (secondary N) is 1. The van der Waals surface area contributed by atoms with Gasteiger partial charge in [0.25, 0.3) is 0 Å². The molecule has 1 N–H and O–H groups in total. The van der Waals surface area contributed by atoms with Crippen molar-refractivity contribution >= 4 is 20.1 Å². The summed E-state index contributed by atoms with van der Waals surface area (Å²) in [5.74, 6) is 0. The smallest absolute Gasteiger partial charge is 0.0632 e. The van der Waals surface area contributed by atoms with Crippen molar-refractivity contribution in [3.63, 3.8) is 0 Å². The molecule has 0 fully saturated rings. The Balaban J connectivity index is 2.14. The van der Waals surface area contributed by atoms with E-state index in [0.717, 1.165) is 12.1 Å². The lowest BCUT2D eigenvalue weighted by atomic mass is 10.3. The zero-order valence-electron chi connectivity index (χ0n) is 9.27. The van der Waals surface area contributed by atoms with Crippen LogP contribution < -0.4 is 5.44 Å². The van der Waals surface area contributed by atoms with Gasteiger partial charge in [0.15, 0.2) is 0 Å². The van der Waals surface area contributed by atoms with Crippen LogP contribution in [-0.4, -0.2) is 9.97 Å². The van der Waals surface area contributed by atoms with Crippen LogP contribution in [-0.2, 0) is 0 Å². The van der Waals surface area contributed by atoms with Gasteiger partial charge in [-0.25, -0.2) is 0 Å². The van der Waals surface area contributed by atoms with Crippen LogP contribution in [0.4, 0.5) is 0 Å². The summed E-state index contributed by atoms with van der Waals surface area (Å²) in [6, 6.07) is 10.2. The van der Waals surface area contributed by atoms with Crippen LogP contribution in [0, 0.1) is 0 Å². The molecule has 0 amide bonds. The van der Waals surface area contributed by atoms with Gasteiger partial charge < -0.3 is 4.98 Å². The monoisotopic (exact) mass is 230 g/mol. The number of aromatic nitrogens is 2. The summed E-state index contributed by atoms with van der Waals surface area (Å²) >= 11 is 0. The molecule has 0 saturated heterocycles. The second-order valence-electron chi connectivity index (χ2n) is 3.49. The highest BCUT2D eigenvalue weighted by atomic mass is 31.1. The van der Waals surface area contributed by atoms with Crippen molar-refractivity contribution in [1.82, 2.24) is 9.97 Å². The standard InChI is InChI=1S/C13H15N2P/c1-2-12(16-13-7-5-9-15-13)10-11-6-3-4-8-14-11/h3-10,15-16H,2H2,1H3. The Hall–Kier alpha value is -1.40. The van der Waals surface area contributed by atoms with E-state index in [1.807, 2.05) is 36.7 Å². The number of H-pyrrole nitrogens is 1. The molecule has 2 heterocycles. The average Bonchev–Trinajstić information content (AvgIpc) is 2.82. The molecule has 0 aromatic carbocycles. The molecular weight excluding hydrogens is 215 g/mol. The minimum absolute atomic E-state index is 0.711. The van der Waals surface area contributed by atoms with Crippen LogP contribution in [0.1, 0.15) is 19.0 Å². The molecule has 2 aromatic heterocycles. The van der Waals surface area contributed by atoms with Gasteiger partial charge in [0.05, 0.1) is 5.69 Å². The van der Waals surface area contributed by atoms with Gasteiger partial charge in [-0.15, -0.1) is 0 Å². The molecule has 2 nitrogen and oxygen atoms in total. The van der Waals surface area contributed by atoms with Gasteiger partial charge in [-0.2, -0.15) is 0 Å². The Morgan fingerprint density at radius 3 is 2.94 bits per heavy atom. The van der Waals surface area contributed by atoms with Crippen LogP contribution in [0.15, 0.2) is 48.0 Å². The predicted molar refractivity (Wildman–Crippen MR) is 71.2 cm³/mol. The fourth-order valence-electron chi connectivity index (χ4n) is 1.45. The zero-order chi connectivity index (χ0) is 11.2. The first-order valence-corrected chi connectivity index (χ1v) is 6.40. The van der Waals surface area contributed by atoms with Crippen molar-refractivity contribution in [3.8, 4) is 0 Å². The quantitative estimate of drug-likeness (QED) is 0.803. The molecule has 82 valence electrons. The Morgan fingerprint density at radius 1 is 1.38 bits per heavy atom. The van der Waals surface area contributed by atoms with Crippen LogP contribution in [0.2, 0.25) is 0 Å². The maximum Gasteiger partial charge on any atom is 0.0632 e. The molecule has 0 bridgehead atoms. The third-order valence-corrected chi connectivity index (χ3v) is 3.68. The third kappa shape index (κ3) is 3.04. The average molecular weight is 230 g/mol. The second kappa shape index (κ2) is 5.62. The zero-order valence-corrected chi connectivity index (χ0v) is 10.3. The highest BCUT2D eigenvalue weighted by Gasteiger charge is 1.98. The maximum absolute atomic E-state index is 4.31. The second-order valence-corrected chi connectivity index (χ2v) is 4.92. The van der Waals surface area contributed by atoms with E-state index in [-0.39, 0.29) is 0 Å². The number of hydrogen-bond acceptors (Lipinski definition) is 1. The van der Waals surface area contributed by atoms with E-state index in [2.05, 4.69) is 29.0 Å². The van der Waals surface area contributed by atoms with E-state index < -0.39 is 0 Å². The number of aromatic amines is 1. The minimum atomic E-state index is 0.711. The topological polar surface area (TPSA) is 28.7 Å². The van der Waals surface area contributed by atoms with E-state index in [9.17, 15) is 0 Å². The Kier molecular flexibility index (Phi) is 3.90. The minimum Gasteiger partial charge on any atom is -0.361 e. The molecule has 1 unspecified atom stereocenters. The fourth-order valence-corrected chi connectivity index (χ4v) is 2.53. The molecule has 0 aliphatic rings. The van der Waals surface area contributed by atoms with Gasteiger partial charge in [0.1, 0.15) is 0 Å². The van der Waals surface area contributed by atoms with Crippen LogP contribution in [0.5, 0.6) is 0 Å². The predicted octanol–water partition coefficient (Wildman–Crippen LogP) is 3.16. The van der Waals surface area contributed by atoms with E-state index >= 15 is 0 Å². The van der Waals surface area contributed by atoms with E-state index in [0.29, 0.717) is 8.58 Å². The molecule has 2 rings (SSSR count). The van der Waals surface area contributed by atoms with Gasteiger partial charge in [-0.05, 0) is 50.7 Å². The number of pyridine rings is 1. The molecule has 0 radical (unpaired) electrons. The first kappa shape index (κ1) is 11.1. The number of rotatable bonds is 4. The lowest BCUT2D eigenvalue weighted by molar-refractivity contribution is 1.20. The van der Waals surface area contributed by atoms with Gasteiger partial charge in [-0.3, -0.25) is 4.98 Å². The molecule has 0 aliphatic carbocycles. The molecule has 0 aliphatic heterocycles. The van der Waals surface area contributed by atoms with Crippen molar-refractivity contribution < 1.29 is 0 Å². The van der Waals surface area contributed by atoms with Crippen molar-refractivity contribution in [2.24, 2.45) is 0 Å².